The van der Waals surface area contributed by atoms with Crippen molar-refractivity contribution in [2.75, 3.05) is 26.2 Å². The molecule has 4 fully saturated rings. The van der Waals surface area contributed by atoms with Crippen molar-refractivity contribution in [2.45, 2.75) is 44.3 Å². The van der Waals surface area contributed by atoms with Gasteiger partial charge in [-0.15, -0.1) is 13.2 Å². The van der Waals surface area contributed by atoms with E-state index in [2.05, 4.69) is 21.1 Å². The molecule has 0 spiro atoms. The molecule has 3 unspecified atom stereocenters. The molecule has 0 bridgehead atoms. The van der Waals surface area contributed by atoms with Gasteiger partial charge in [-0.05, 0) is 37.0 Å². The number of likely N-dealkylation sites (tertiary alicyclic amines) is 2. The lowest BCUT2D eigenvalue weighted by Gasteiger charge is -2.32. The summed E-state index contributed by atoms with van der Waals surface area (Å²) in [7, 11) is 0. The summed E-state index contributed by atoms with van der Waals surface area (Å²) in [5, 5.41) is 0. The predicted octanol–water partition coefficient (Wildman–Crippen LogP) is 1.90. The van der Waals surface area contributed by atoms with E-state index in [-0.39, 0.29) is 41.9 Å². The molecule has 0 aromatic heterocycles. The van der Waals surface area contributed by atoms with E-state index in [4.69, 9.17) is 4.74 Å². The number of rotatable bonds is 4. The smallest absolute Gasteiger partial charge is 0.445 e. The number of nitrogens with one attached hydrogen (secondary N) is 3. The van der Waals surface area contributed by atoms with Crippen molar-refractivity contribution in [1.82, 2.24) is 26.2 Å². The van der Waals surface area contributed by atoms with Crippen molar-refractivity contribution >= 4 is 12.0 Å². The number of carbonyl (C=O) groups excluding carboxylic acids is 2. The van der Waals surface area contributed by atoms with Gasteiger partial charge in [-0.3, -0.25) is 4.79 Å². The molecule has 1 aromatic carbocycles. The minimum Gasteiger partial charge on any atom is -0.445 e. The fourth-order valence-electron chi connectivity index (χ4n) is 5.67. The van der Waals surface area contributed by atoms with Crippen LogP contribution in [-0.4, -0.2) is 66.4 Å². The Bertz CT molecular complexity index is 966. The maximum absolute atomic E-state index is 13.6. The van der Waals surface area contributed by atoms with E-state index in [0.29, 0.717) is 38.3 Å². The van der Waals surface area contributed by atoms with Crippen LogP contribution in [-0.2, 0) is 16.1 Å². The number of alkyl halides is 3. The molecule has 192 valence electrons. The average Bonchev–Trinajstić information content (AvgIpc) is 3.49. The summed E-state index contributed by atoms with van der Waals surface area (Å²) in [5.41, 5.74) is 9.31. The number of hydrogen-bond acceptors (Lipinski definition) is 7. The molecule has 3 N–H and O–H groups in total. The number of benzene rings is 1. The number of hydrogen-bond donors (Lipinski definition) is 3. The second kappa shape index (κ2) is 9.43. The third-order valence-electron chi connectivity index (χ3n) is 7.30. The highest BCUT2D eigenvalue weighted by Crippen LogP contribution is 2.35. The van der Waals surface area contributed by atoms with Crippen LogP contribution in [0.2, 0.25) is 0 Å². The largest absolute Gasteiger partial charge is 0.573 e. The van der Waals surface area contributed by atoms with Gasteiger partial charge in [-0.1, -0.05) is 0 Å². The first kappa shape index (κ1) is 24.1. The molecule has 1 saturated carbocycles. The van der Waals surface area contributed by atoms with Crippen molar-refractivity contribution in [1.29, 1.82) is 0 Å². The summed E-state index contributed by atoms with van der Waals surface area (Å²) < 4.78 is 59.8. The molecule has 9 nitrogen and oxygen atoms in total. The fourth-order valence-corrected chi connectivity index (χ4v) is 5.67. The summed E-state index contributed by atoms with van der Waals surface area (Å²) >= 11 is 0. The number of hydrazine groups is 2. The van der Waals surface area contributed by atoms with Crippen LogP contribution in [0.4, 0.5) is 22.4 Å². The van der Waals surface area contributed by atoms with Gasteiger partial charge in [0.1, 0.15) is 18.2 Å². The van der Waals surface area contributed by atoms with Crippen LogP contribution in [0.3, 0.4) is 0 Å². The maximum atomic E-state index is 13.6. The van der Waals surface area contributed by atoms with Crippen molar-refractivity contribution in [3.63, 3.8) is 0 Å². The van der Waals surface area contributed by atoms with Crippen molar-refractivity contribution < 1.29 is 36.6 Å². The first-order valence-electron chi connectivity index (χ1n) is 11.7. The Morgan fingerprint density at radius 1 is 0.971 bits per heavy atom. The molecule has 2 amide bonds. The van der Waals surface area contributed by atoms with Crippen molar-refractivity contribution in [3.8, 4) is 5.75 Å². The highest BCUT2D eigenvalue weighted by molar-refractivity contribution is 5.79. The van der Waals surface area contributed by atoms with Gasteiger partial charge >= 0.3 is 12.5 Å². The molecular formula is C22H27F4N5O4. The van der Waals surface area contributed by atoms with E-state index in [0.717, 1.165) is 31.4 Å². The summed E-state index contributed by atoms with van der Waals surface area (Å²) in [6.07, 6.45) is -3.02. The molecule has 13 heteroatoms. The predicted molar refractivity (Wildman–Crippen MR) is 113 cm³/mol. The third-order valence-corrected chi connectivity index (χ3v) is 7.30. The minimum atomic E-state index is -4.95. The highest BCUT2D eigenvalue weighted by atomic mass is 19.4. The Morgan fingerprint density at radius 3 is 2.37 bits per heavy atom. The summed E-state index contributed by atoms with van der Waals surface area (Å²) in [6.45, 7) is 1.66. The Balaban J connectivity index is 1.10. The van der Waals surface area contributed by atoms with Crippen LogP contribution < -0.4 is 21.1 Å². The Labute approximate surface area is 199 Å². The Kier molecular flexibility index (Phi) is 6.49. The van der Waals surface area contributed by atoms with Crippen LogP contribution in [0, 0.1) is 23.6 Å². The molecule has 3 saturated heterocycles. The fraction of sp³-hybridized carbons (Fsp3) is 0.636. The van der Waals surface area contributed by atoms with E-state index < -0.39 is 24.0 Å². The van der Waals surface area contributed by atoms with Crippen LogP contribution in [0.5, 0.6) is 5.75 Å². The van der Waals surface area contributed by atoms with Gasteiger partial charge in [-0.2, -0.15) is 5.53 Å². The third kappa shape index (κ3) is 5.46. The zero-order valence-corrected chi connectivity index (χ0v) is 18.8. The quantitative estimate of drug-likeness (QED) is 0.543. The second-order valence-corrected chi connectivity index (χ2v) is 9.70. The molecular weight excluding hydrogens is 474 g/mol. The first-order chi connectivity index (χ1) is 16.6. The van der Waals surface area contributed by atoms with E-state index >= 15 is 0 Å². The summed E-state index contributed by atoms with van der Waals surface area (Å²) in [4.78, 5) is 29.0. The lowest BCUT2D eigenvalue weighted by molar-refractivity contribution is -0.274. The highest BCUT2D eigenvalue weighted by Gasteiger charge is 2.46. The van der Waals surface area contributed by atoms with Gasteiger partial charge in [0, 0.05) is 62.1 Å². The van der Waals surface area contributed by atoms with Gasteiger partial charge in [0.2, 0.25) is 5.91 Å². The second-order valence-electron chi connectivity index (χ2n) is 9.70. The zero-order valence-electron chi connectivity index (χ0n) is 18.8. The molecule has 5 atom stereocenters. The Hall–Kier alpha value is -2.64. The molecule has 5 rings (SSSR count). The minimum absolute atomic E-state index is 0.0113. The van der Waals surface area contributed by atoms with E-state index in [1.54, 1.807) is 0 Å². The van der Waals surface area contributed by atoms with E-state index in [1.165, 1.54) is 4.90 Å². The lowest BCUT2D eigenvalue weighted by atomic mass is 9.82. The van der Waals surface area contributed by atoms with Crippen LogP contribution in [0.1, 0.15) is 24.8 Å². The normalized spacial score (nSPS) is 30.2. The lowest BCUT2D eigenvalue weighted by Crippen LogP contribution is -2.45. The summed E-state index contributed by atoms with van der Waals surface area (Å²) in [6, 6.07) is 3.15. The molecule has 3 aliphatic heterocycles. The molecule has 4 aliphatic rings. The van der Waals surface area contributed by atoms with Gasteiger partial charge in [0.05, 0.1) is 0 Å². The molecule has 0 radical (unpaired) electrons. The average molecular weight is 501 g/mol. The molecule has 35 heavy (non-hydrogen) atoms. The van der Waals surface area contributed by atoms with Crippen LogP contribution in [0.15, 0.2) is 18.2 Å². The van der Waals surface area contributed by atoms with Crippen molar-refractivity contribution in [3.05, 3.63) is 29.6 Å². The number of halogens is 4. The number of carbonyl (C=O) groups is 2. The van der Waals surface area contributed by atoms with Gasteiger partial charge in [0.25, 0.3) is 0 Å². The molecule has 1 aliphatic carbocycles. The number of fused-ring (bicyclic) bond motifs is 2. The van der Waals surface area contributed by atoms with Crippen LogP contribution in [0.25, 0.3) is 0 Å². The van der Waals surface area contributed by atoms with Gasteiger partial charge < -0.3 is 19.3 Å². The molecule has 1 aromatic rings. The Morgan fingerprint density at radius 2 is 1.66 bits per heavy atom. The molecule has 3 heterocycles. The van der Waals surface area contributed by atoms with Crippen molar-refractivity contribution in [2.24, 2.45) is 17.8 Å². The number of nitrogens with zero attached hydrogens (tertiary/aromatic N) is 2. The SMILES string of the molecule is O=C(OCc1cc(F)cc(OC(F)(F)F)c1)N1C[C@@H]2CN(C(=O)C3CCC4NNNC4C3)C[C@@H]2C1. The van der Waals surface area contributed by atoms with Crippen LogP contribution >= 0.6 is 0 Å². The van der Waals surface area contributed by atoms with Gasteiger partial charge in [0.15, 0.2) is 0 Å². The number of amides is 2. The standard InChI is InChI=1S/C22H27F4N5O4/c23-16-3-12(4-17(6-16)35-22(24,25)26)11-34-21(33)31-9-14-7-30(8-15(14)10-31)20(32)13-1-2-18-19(5-13)28-29-27-18/h3-4,6,13-15,18-19,27-29H,1-2,5,7-11H2/t13?,14-,15+,18?,19?. The van der Waals surface area contributed by atoms with Gasteiger partial charge in [-0.25, -0.2) is 20.0 Å². The summed E-state index contributed by atoms with van der Waals surface area (Å²) in [5.74, 6) is -1.18. The van der Waals surface area contributed by atoms with E-state index in [1.807, 2.05) is 4.90 Å². The zero-order chi connectivity index (χ0) is 24.7. The monoisotopic (exact) mass is 501 g/mol. The first-order valence-corrected chi connectivity index (χ1v) is 11.7. The topological polar surface area (TPSA) is 95.2 Å². The maximum Gasteiger partial charge on any atom is 0.573 e. The number of ether oxygens (including phenoxy) is 2. The van der Waals surface area contributed by atoms with E-state index in [9.17, 15) is 27.2 Å².